The zero-order valence-corrected chi connectivity index (χ0v) is 13.0. The first-order valence-electron chi connectivity index (χ1n) is 6.09. The SMILES string of the molecule is CCOC(C(=O)Cc1ccc(Br)cn1)C(C)(C)C. The van der Waals surface area contributed by atoms with Gasteiger partial charge in [-0.05, 0) is 40.4 Å². The minimum absolute atomic E-state index is 0.0826. The second kappa shape index (κ2) is 6.43. The minimum atomic E-state index is -0.382. The molecule has 1 unspecified atom stereocenters. The highest BCUT2D eigenvalue weighted by atomic mass is 79.9. The molecule has 3 nitrogen and oxygen atoms in total. The van der Waals surface area contributed by atoms with Crippen molar-refractivity contribution in [2.24, 2.45) is 5.41 Å². The molecule has 1 rings (SSSR count). The summed E-state index contributed by atoms with van der Waals surface area (Å²) >= 11 is 3.33. The van der Waals surface area contributed by atoms with Gasteiger partial charge < -0.3 is 4.74 Å². The zero-order valence-electron chi connectivity index (χ0n) is 11.4. The normalized spacial score (nSPS) is 13.4. The molecular formula is C14H20BrNO2. The van der Waals surface area contributed by atoms with Gasteiger partial charge in [0.25, 0.3) is 0 Å². The van der Waals surface area contributed by atoms with E-state index in [0.717, 1.165) is 10.2 Å². The molecule has 0 spiro atoms. The lowest BCUT2D eigenvalue weighted by atomic mass is 9.85. The Morgan fingerprint density at radius 1 is 1.44 bits per heavy atom. The highest BCUT2D eigenvalue weighted by Gasteiger charge is 2.31. The first-order valence-corrected chi connectivity index (χ1v) is 6.88. The minimum Gasteiger partial charge on any atom is -0.370 e. The molecule has 1 heterocycles. The Bertz CT molecular complexity index is 395. The number of carbonyl (C=O) groups excluding carboxylic acids is 1. The standard InChI is InChI=1S/C14H20BrNO2/c1-5-18-13(14(2,3)4)12(17)8-11-7-6-10(15)9-16-11/h6-7,9,13H,5,8H2,1-4H3. The van der Waals surface area contributed by atoms with E-state index in [9.17, 15) is 4.79 Å². The summed E-state index contributed by atoms with van der Waals surface area (Å²) in [6.45, 7) is 8.49. The van der Waals surface area contributed by atoms with Crippen LogP contribution in [0.3, 0.4) is 0 Å². The van der Waals surface area contributed by atoms with Crippen LogP contribution in [0.2, 0.25) is 0 Å². The number of hydrogen-bond donors (Lipinski definition) is 0. The predicted octanol–water partition coefficient (Wildman–Crippen LogP) is 3.41. The Morgan fingerprint density at radius 3 is 2.56 bits per heavy atom. The lowest BCUT2D eigenvalue weighted by molar-refractivity contribution is -0.136. The van der Waals surface area contributed by atoms with Gasteiger partial charge in [-0.1, -0.05) is 20.8 Å². The number of carbonyl (C=O) groups is 1. The van der Waals surface area contributed by atoms with E-state index in [1.54, 1.807) is 6.20 Å². The lowest BCUT2D eigenvalue weighted by Crippen LogP contribution is -2.38. The molecule has 1 atom stereocenters. The largest absolute Gasteiger partial charge is 0.370 e. The van der Waals surface area contributed by atoms with Crippen LogP contribution >= 0.6 is 15.9 Å². The number of ether oxygens (including phenoxy) is 1. The molecule has 0 radical (unpaired) electrons. The predicted molar refractivity (Wildman–Crippen MR) is 75.5 cm³/mol. The van der Waals surface area contributed by atoms with Crippen molar-refractivity contribution in [3.05, 3.63) is 28.5 Å². The van der Waals surface area contributed by atoms with Gasteiger partial charge in [-0.25, -0.2) is 0 Å². The summed E-state index contributed by atoms with van der Waals surface area (Å²) in [5.41, 5.74) is 0.583. The van der Waals surface area contributed by atoms with Crippen molar-refractivity contribution < 1.29 is 9.53 Å². The summed E-state index contributed by atoms with van der Waals surface area (Å²) < 4.78 is 6.49. The summed E-state index contributed by atoms with van der Waals surface area (Å²) in [4.78, 5) is 16.5. The number of Topliss-reactive ketones (excluding diaryl/α,β-unsaturated/α-hetero) is 1. The fourth-order valence-corrected chi connectivity index (χ4v) is 2.01. The van der Waals surface area contributed by atoms with Crippen LogP contribution < -0.4 is 0 Å². The van der Waals surface area contributed by atoms with Crippen LogP contribution in [0.5, 0.6) is 0 Å². The van der Waals surface area contributed by atoms with Crippen LogP contribution in [0.15, 0.2) is 22.8 Å². The van der Waals surface area contributed by atoms with Gasteiger partial charge >= 0.3 is 0 Å². The Morgan fingerprint density at radius 2 is 2.11 bits per heavy atom. The maximum Gasteiger partial charge on any atom is 0.168 e. The molecule has 18 heavy (non-hydrogen) atoms. The van der Waals surface area contributed by atoms with E-state index in [1.165, 1.54) is 0 Å². The molecule has 100 valence electrons. The molecule has 0 saturated carbocycles. The monoisotopic (exact) mass is 313 g/mol. The van der Waals surface area contributed by atoms with E-state index < -0.39 is 0 Å². The number of ketones is 1. The van der Waals surface area contributed by atoms with Crippen molar-refractivity contribution in [3.8, 4) is 0 Å². The number of pyridine rings is 1. The molecule has 0 aromatic carbocycles. The van der Waals surface area contributed by atoms with E-state index in [0.29, 0.717) is 13.0 Å². The van der Waals surface area contributed by atoms with E-state index in [4.69, 9.17) is 4.74 Å². The smallest absolute Gasteiger partial charge is 0.168 e. The number of nitrogens with zero attached hydrogens (tertiary/aromatic N) is 1. The van der Waals surface area contributed by atoms with E-state index >= 15 is 0 Å². The van der Waals surface area contributed by atoms with Crippen molar-refractivity contribution in [2.75, 3.05) is 6.61 Å². The molecule has 1 aromatic rings. The third kappa shape index (κ3) is 4.50. The summed E-state index contributed by atoms with van der Waals surface area (Å²) in [5.74, 6) is 0.0826. The van der Waals surface area contributed by atoms with Gasteiger partial charge in [0, 0.05) is 23.0 Å². The van der Waals surface area contributed by atoms with Gasteiger partial charge in [0.1, 0.15) is 6.10 Å². The third-order valence-corrected chi connectivity index (χ3v) is 3.03. The van der Waals surface area contributed by atoms with Crippen LogP contribution in [-0.2, 0) is 16.0 Å². The summed E-state index contributed by atoms with van der Waals surface area (Å²) in [6, 6.07) is 3.75. The van der Waals surface area contributed by atoms with Gasteiger partial charge in [-0.3, -0.25) is 9.78 Å². The van der Waals surface area contributed by atoms with Crippen LogP contribution in [0, 0.1) is 5.41 Å². The van der Waals surface area contributed by atoms with Crippen molar-refractivity contribution in [3.63, 3.8) is 0 Å². The number of hydrogen-bond acceptors (Lipinski definition) is 3. The molecular weight excluding hydrogens is 294 g/mol. The fourth-order valence-electron chi connectivity index (χ4n) is 1.77. The average Bonchev–Trinajstić information content (AvgIpc) is 2.27. The number of halogens is 1. The van der Waals surface area contributed by atoms with Gasteiger partial charge in [0.15, 0.2) is 5.78 Å². The Balaban J connectivity index is 2.76. The summed E-state index contributed by atoms with van der Waals surface area (Å²) in [5, 5.41) is 0. The van der Waals surface area contributed by atoms with E-state index in [-0.39, 0.29) is 17.3 Å². The van der Waals surface area contributed by atoms with Gasteiger partial charge in [0.05, 0.1) is 6.42 Å². The maximum atomic E-state index is 12.3. The van der Waals surface area contributed by atoms with Gasteiger partial charge in [-0.15, -0.1) is 0 Å². The Hall–Kier alpha value is -0.740. The van der Waals surface area contributed by atoms with Crippen LogP contribution in [-0.4, -0.2) is 23.5 Å². The van der Waals surface area contributed by atoms with Crippen molar-refractivity contribution >= 4 is 21.7 Å². The van der Waals surface area contributed by atoms with E-state index in [1.807, 2.05) is 39.8 Å². The number of aromatic nitrogens is 1. The molecule has 0 N–H and O–H groups in total. The van der Waals surface area contributed by atoms with Crippen LogP contribution in [0.25, 0.3) is 0 Å². The molecule has 0 bridgehead atoms. The molecule has 1 aromatic heterocycles. The zero-order chi connectivity index (χ0) is 13.8. The third-order valence-electron chi connectivity index (χ3n) is 2.56. The molecule has 0 aliphatic heterocycles. The first-order chi connectivity index (χ1) is 8.34. The highest BCUT2D eigenvalue weighted by molar-refractivity contribution is 9.10. The van der Waals surface area contributed by atoms with Gasteiger partial charge in [-0.2, -0.15) is 0 Å². The summed E-state index contributed by atoms with van der Waals surface area (Å²) in [6.07, 6.45) is 1.64. The fraction of sp³-hybridized carbons (Fsp3) is 0.571. The quantitative estimate of drug-likeness (QED) is 0.836. The van der Waals surface area contributed by atoms with Crippen LogP contribution in [0.1, 0.15) is 33.4 Å². The maximum absolute atomic E-state index is 12.3. The molecule has 0 amide bonds. The average molecular weight is 314 g/mol. The Kier molecular flexibility index (Phi) is 5.47. The van der Waals surface area contributed by atoms with Crippen LogP contribution in [0.4, 0.5) is 0 Å². The summed E-state index contributed by atoms with van der Waals surface area (Å²) in [7, 11) is 0. The first kappa shape index (κ1) is 15.3. The molecule has 0 aliphatic carbocycles. The van der Waals surface area contributed by atoms with Crippen molar-refractivity contribution in [1.29, 1.82) is 0 Å². The topological polar surface area (TPSA) is 39.2 Å². The second-order valence-corrected chi connectivity index (χ2v) is 6.23. The van der Waals surface area contributed by atoms with E-state index in [2.05, 4.69) is 20.9 Å². The highest BCUT2D eigenvalue weighted by Crippen LogP contribution is 2.24. The molecule has 4 heteroatoms. The lowest BCUT2D eigenvalue weighted by Gasteiger charge is -2.29. The van der Waals surface area contributed by atoms with Crippen molar-refractivity contribution in [2.45, 2.75) is 40.2 Å². The molecule has 0 aliphatic rings. The molecule has 0 saturated heterocycles. The Labute approximate surface area is 117 Å². The molecule has 0 fully saturated rings. The number of rotatable bonds is 5. The van der Waals surface area contributed by atoms with Gasteiger partial charge in [0.2, 0.25) is 0 Å². The second-order valence-electron chi connectivity index (χ2n) is 5.31. The van der Waals surface area contributed by atoms with Crippen molar-refractivity contribution in [1.82, 2.24) is 4.98 Å².